The van der Waals surface area contributed by atoms with Gasteiger partial charge < -0.3 is 14.8 Å². The summed E-state index contributed by atoms with van der Waals surface area (Å²) in [7, 11) is 1.00. The zero-order valence-corrected chi connectivity index (χ0v) is 23.6. The van der Waals surface area contributed by atoms with Gasteiger partial charge in [-0.05, 0) is 63.6 Å². The number of rotatable bonds is 11. The van der Waals surface area contributed by atoms with Crippen molar-refractivity contribution in [1.82, 2.24) is 4.57 Å². The molecule has 0 radical (unpaired) electrons. The van der Waals surface area contributed by atoms with Crippen molar-refractivity contribution in [2.75, 3.05) is 13.7 Å². The topological polar surface area (TPSA) is 74.8 Å². The van der Waals surface area contributed by atoms with Crippen molar-refractivity contribution in [1.29, 1.82) is 0 Å². The van der Waals surface area contributed by atoms with Crippen molar-refractivity contribution in [2.24, 2.45) is 10.9 Å². The van der Waals surface area contributed by atoms with Crippen LogP contribution in [0.5, 0.6) is 0 Å². The number of aliphatic hydroxyl groups is 2. The molecule has 6 heteroatoms. The molecule has 1 atom stereocenters. The lowest BCUT2D eigenvalue weighted by atomic mass is 10.0. The Morgan fingerprint density at radius 2 is 1.81 bits per heavy atom. The summed E-state index contributed by atoms with van der Waals surface area (Å²) in [4.78, 5) is 16.0. The summed E-state index contributed by atoms with van der Waals surface area (Å²) < 4.78 is 3.53. The molecule has 0 saturated carbocycles. The minimum atomic E-state index is 0.273. The van der Waals surface area contributed by atoms with E-state index in [1.165, 1.54) is 33.5 Å². The maximum absolute atomic E-state index is 11.1. The Morgan fingerprint density at radius 3 is 2.42 bits per heavy atom. The van der Waals surface area contributed by atoms with Crippen molar-refractivity contribution >= 4 is 34.1 Å². The fourth-order valence-electron chi connectivity index (χ4n) is 3.81. The Balaban J connectivity index is 0.000000500. The average molecular weight is 513 g/mol. The molecule has 2 heterocycles. The number of unbranched alkanes of at least 4 members (excludes halogenated alkanes) is 3. The van der Waals surface area contributed by atoms with Gasteiger partial charge in [-0.1, -0.05) is 56.5 Å². The van der Waals surface area contributed by atoms with Gasteiger partial charge in [0.2, 0.25) is 0 Å². The molecular formula is C30H44N2O3S. The average Bonchev–Trinajstić information content (AvgIpc) is 3.44. The summed E-state index contributed by atoms with van der Waals surface area (Å²) in [5, 5.41) is 15.9. The molecule has 36 heavy (non-hydrogen) atoms. The largest absolute Gasteiger partial charge is 0.400 e. The van der Waals surface area contributed by atoms with Crippen LogP contribution in [0.1, 0.15) is 73.7 Å². The third-order valence-corrected chi connectivity index (χ3v) is 6.89. The molecule has 0 aliphatic rings. The lowest BCUT2D eigenvalue weighted by molar-refractivity contribution is 0.112. The van der Waals surface area contributed by atoms with Crippen LogP contribution in [-0.2, 0) is 6.54 Å². The number of nitrogens with zero attached hydrogens (tertiary/aromatic N) is 2. The number of carbonyl (C=O) groups is 1. The van der Waals surface area contributed by atoms with Gasteiger partial charge >= 0.3 is 0 Å². The first-order valence-corrected chi connectivity index (χ1v) is 13.6. The Bertz CT molecular complexity index is 1100. The number of carbonyl (C=O) groups excluding carboxylic acids is 1. The van der Waals surface area contributed by atoms with Gasteiger partial charge in [0.1, 0.15) is 0 Å². The SMILES string of the molecule is C/C=C\N=CC(C)CC.CO.Cc1ccc(-c2cc3sc(C=O)cc3n2CCCCCCO)c(C)c1. The number of benzene rings is 1. The monoisotopic (exact) mass is 512 g/mol. The van der Waals surface area contributed by atoms with Gasteiger partial charge in [-0.3, -0.25) is 9.79 Å². The van der Waals surface area contributed by atoms with Gasteiger partial charge in [0, 0.05) is 38.2 Å². The molecule has 0 fully saturated rings. The smallest absolute Gasteiger partial charge is 0.160 e. The summed E-state index contributed by atoms with van der Waals surface area (Å²) >= 11 is 1.56. The van der Waals surface area contributed by atoms with E-state index in [4.69, 9.17) is 10.2 Å². The molecule has 3 rings (SSSR count). The molecule has 0 aliphatic heterocycles. The second kappa shape index (κ2) is 17.8. The van der Waals surface area contributed by atoms with Gasteiger partial charge in [-0.15, -0.1) is 11.3 Å². The predicted molar refractivity (Wildman–Crippen MR) is 157 cm³/mol. The van der Waals surface area contributed by atoms with E-state index in [1.54, 1.807) is 11.3 Å². The lowest BCUT2D eigenvalue weighted by Crippen LogP contribution is -2.01. The van der Waals surface area contributed by atoms with Gasteiger partial charge in [0.15, 0.2) is 6.29 Å². The molecule has 1 aromatic carbocycles. The molecule has 0 bridgehead atoms. The Hall–Kier alpha value is -2.54. The summed E-state index contributed by atoms with van der Waals surface area (Å²) in [6.45, 7) is 11.8. The number of thiophene rings is 1. The second-order valence-electron chi connectivity index (χ2n) is 8.82. The molecule has 2 N–H and O–H groups in total. The maximum Gasteiger partial charge on any atom is 0.160 e. The van der Waals surface area contributed by atoms with Crippen LogP contribution in [0.4, 0.5) is 0 Å². The van der Waals surface area contributed by atoms with Crippen molar-refractivity contribution in [3.63, 3.8) is 0 Å². The number of aliphatic hydroxyl groups excluding tert-OH is 2. The predicted octanol–water partition coefficient (Wildman–Crippen LogP) is 7.60. The van der Waals surface area contributed by atoms with Gasteiger partial charge in [-0.2, -0.15) is 0 Å². The quantitative estimate of drug-likeness (QED) is 0.158. The first-order valence-electron chi connectivity index (χ1n) is 12.8. The van der Waals surface area contributed by atoms with Crippen LogP contribution >= 0.6 is 11.3 Å². The fourth-order valence-corrected chi connectivity index (χ4v) is 4.72. The lowest BCUT2D eigenvalue weighted by Gasteiger charge is -2.13. The standard InChI is InChI=1S/C21H25NO2S.C8H15N.CH4O/c1-15-7-8-18(16(2)11-15)19-13-21-20(12-17(14-24)25-21)22(19)9-5-3-4-6-10-23;1-4-6-9-7-8(3)5-2;1-2/h7-8,11-14,23H,3-6,9-10H2,1-2H3;4,6-8H,5H2,1-3H3;2H,1H3/b;6-4-,9-7?;. The third kappa shape index (κ3) is 9.84. The number of fused-ring (bicyclic) bond motifs is 1. The van der Waals surface area contributed by atoms with E-state index in [-0.39, 0.29) is 6.61 Å². The highest BCUT2D eigenvalue weighted by molar-refractivity contribution is 7.20. The number of hydrogen-bond donors (Lipinski definition) is 2. The van der Waals surface area contributed by atoms with Crippen LogP contribution < -0.4 is 0 Å². The molecule has 0 amide bonds. The fraction of sp³-hybridized carbons (Fsp3) is 0.467. The van der Waals surface area contributed by atoms with Crippen LogP contribution in [0.25, 0.3) is 21.5 Å². The van der Waals surface area contributed by atoms with E-state index in [0.29, 0.717) is 5.92 Å². The van der Waals surface area contributed by atoms with Gasteiger partial charge in [0.25, 0.3) is 0 Å². The number of aldehydes is 1. The minimum Gasteiger partial charge on any atom is -0.400 e. The highest BCUT2D eigenvalue weighted by Gasteiger charge is 2.15. The zero-order chi connectivity index (χ0) is 26.9. The van der Waals surface area contributed by atoms with E-state index in [2.05, 4.69) is 61.5 Å². The van der Waals surface area contributed by atoms with Crippen molar-refractivity contribution in [3.8, 4) is 11.3 Å². The van der Waals surface area contributed by atoms with E-state index in [0.717, 1.165) is 56.0 Å². The van der Waals surface area contributed by atoms with E-state index in [9.17, 15) is 4.79 Å². The van der Waals surface area contributed by atoms with Crippen LogP contribution in [0.2, 0.25) is 0 Å². The molecule has 0 saturated heterocycles. The van der Waals surface area contributed by atoms with E-state index >= 15 is 0 Å². The molecule has 0 aliphatic carbocycles. The summed E-state index contributed by atoms with van der Waals surface area (Å²) in [5.41, 5.74) is 6.20. The molecule has 0 spiro atoms. The zero-order valence-electron chi connectivity index (χ0n) is 22.8. The van der Waals surface area contributed by atoms with Crippen molar-refractivity contribution in [3.05, 3.63) is 58.6 Å². The van der Waals surface area contributed by atoms with Gasteiger partial charge in [0.05, 0.1) is 20.8 Å². The number of aliphatic imine (C=N–C) groups is 1. The Labute approximate surface area is 221 Å². The molecule has 3 aromatic rings. The second-order valence-corrected chi connectivity index (χ2v) is 9.93. The van der Waals surface area contributed by atoms with Crippen LogP contribution in [0.15, 0.2) is 47.6 Å². The minimum absolute atomic E-state index is 0.273. The summed E-state index contributed by atoms with van der Waals surface area (Å²) in [6, 6.07) is 10.8. The normalized spacial score (nSPS) is 11.9. The van der Waals surface area contributed by atoms with E-state index in [1.807, 2.05) is 31.5 Å². The molecule has 2 aromatic heterocycles. The number of aromatic nitrogens is 1. The van der Waals surface area contributed by atoms with Crippen molar-refractivity contribution < 1.29 is 15.0 Å². The first kappa shape index (κ1) is 31.5. The van der Waals surface area contributed by atoms with E-state index < -0.39 is 0 Å². The third-order valence-electron chi connectivity index (χ3n) is 5.89. The number of allylic oxidation sites excluding steroid dienone is 1. The first-order chi connectivity index (χ1) is 17.4. The maximum atomic E-state index is 11.1. The Morgan fingerprint density at radius 1 is 1.08 bits per heavy atom. The molecule has 1 unspecified atom stereocenters. The number of aryl methyl sites for hydroxylation is 3. The Kier molecular flexibility index (Phi) is 15.6. The van der Waals surface area contributed by atoms with Gasteiger partial charge in [-0.25, -0.2) is 0 Å². The number of hydrogen-bond acceptors (Lipinski definition) is 5. The van der Waals surface area contributed by atoms with Crippen molar-refractivity contribution in [2.45, 2.75) is 73.3 Å². The highest BCUT2D eigenvalue weighted by atomic mass is 32.1. The molecule has 5 nitrogen and oxygen atoms in total. The highest BCUT2D eigenvalue weighted by Crippen LogP contribution is 2.35. The van der Waals surface area contributed by atoms with Crippen LogP contribution in [0, 0.1) is 19.8 Å². The molecule has 198 valence electrons. The van der Waals surface area contributed by atoms with Crippen LogP contribution in [0.3, 0.4) is 0 Å². The summed E-state index contributed by atoms with van der Waals surface area (Å²) in [6.07, 6.45) is 11.9. The molecular weight excluding hydrogens is 468 g/mol. The van der Waals surface area contributed by atoms with Crippen LogP contribution in [-0.4, -0.2) is 41.0 Å². The summed E-state index contributed by atoms with van der Waals surface area (Å²) in [5.74, 6) is 0.612.